The largest absolute Gasteiger partial charge is 0.383 e. The van der Waals surface area contributed by atoms with Crippen molar-refractivity contribution in [3.05, 3.63) is 45.3 Å². The second-order valence-electron chi connectivity index (χ2n) is 5.70. The van der Waals surface area contributed by atoms with Crippen LogP contribution in [0.1, 0.15) is 25.6 Å². The molecule has 0 bridgehead atoms. The summed E-state index contributed by atoms with van der Waals surface area (Å²) in [6, 6.07) is 8.08. The Balaban J connectivity index is 2.25. The number of nitrogens with zero attached hydrogens (tertiary/aromatic N) is 1. The minimum atomic E-state index is -0.895. The summed E-state index contributed by atoms with van der Waals surface area (Å²) in [6.45, 7) is 6.19. The highest BCUT2D eigenvalue weighted by Gasteiger charge is 2.42. The number of halogens is 1. The summed E-state index contributed by atoms with van der Waals surface area (Å²) in [4.78, 5) is 6.17. The van der Waals surface area contributed by atoms with Crippen molar-refractivity contribution in [1.82, 2.24) is 4.98 Å². The van der Waals surface area contributed by atoms with Crippen molar-refractivity contribution in [1.29, 1.82) is 0 Å². The summed E-state index contributed by atoms with van der Waals surface area (Å²) in [5, 5.41) is 11.2. The molecule has 0 amide bonds. The molecule has 0 saturated heterocycles. The minimum absolute atomic E-state index is 0.256. The molecule has 1 unspecified atom stereocenters. The van der Waals surface area contributed by atoms with Gasteiger partial charge < -0.3 is 5.11 Å². The molecule has 1 N–H and O–H groups in total. The van der Waals surface area contributed by atoms with Crippen LogP contribution in [0.15, 0.2) is 45.3 Å². The van der Waals surface area contributed by atoms with E-state index in [0.29, 0.717) is 5.75 Å². The van der Waals surface area contributed by atoms with Crippen molar-refractivity contribution in [3.8, 4) is 0 Å². The van der Waals surface area contributed by atoms with E-state index in [9.17, 15) is 5.11 Å². The Hall–Kier alpha value is -0.360. The van der Waals surface area contributed by atoms with Crippen LogP contribution < -0.4 is 0 Å². The first kappa shape index (κ1) is 16.0. The van der Waals surface area contributed by atoms with Crippen LogP contribution in [0.2, 0.25) is 0 Å². The first-order valence-electron chi connectivity index (χ1n) is 6.33. The lowest BCUT2D eigenvalue weighted by Gasteiger charge is -2.39. The second-order valence-corrected chi connectivity index (χ2v) is 8.45. The van der Waals surface area contributed by atoms with Crippen molar-refractivity contribution in [2.45, 2.75) is 31.3 Å². The average Bonchev–Trinajstić information content (AvgIpc) is 2.90. The summed E-state index contributed by atoms with van der Waals surface area (Å²) in [6.07, 6.45) is 1.77. The molecular weight excluding hydrogens is 354 g/mol. The van der Waals surface area contributed by atoms with Crippen LogP contribution in [0.25, 0.3) is 0 Å². The molecule has 2 aromatic rings. The van der Waals surface area contributed by atoms with Gasteiger partial charge in [0.15, 0.2) is 0 Å². The number of thioether (sulfide) groups is 1. The van der Waals surface area contributed by atoms with E-state index < -0.39 is 5.60 Å². The summed E-state index contributed by atoms with van der Waals surface area (Å²) < 4.78 is 1.06. The molecule has 1 aromatic heterocycles. The van der Waals surface area contributed by atoms with E-state index in [2.05, 4.69) is 47.8 Å². The fourth-order valence-electron chi connectivity index (χ4n) is 1.82. The molecule has 1 heterocycles. The van der Waals surface area contributed by atoms with Crippen molar-refractivity contribution in [2.24, 2.45) is 5.41 Å². The van der Waals surface area contributed by atoms with E-state index in [1.807, 2.05) is 18.2 Å². The Labute approximate surface area is 136 Å². The van der Waals surface area contributed by atoms with Crippen LogP contribution in [0, 0.1) is 5.41 Å². The first-order chi connectivity index (χ1) is 9.34. The lowest BCUT2D eigenvalue weighted by atomic mass is 9.77. The standard InChI is InChI=1S/C15H18BrNOS2/c1-14(2,3)15(18,13-8-17-10-20-13)9-19-12-7-5-4-6-11(12)16/h4-8,10,18H,9H2,1-3H3. The number of hydrogen-bond acceptors (Lipinski definition) is 4. The van der Waals surface area contributed by atoms with Crippen LogP contribution >= 0.6 is 39.0 Å². The van der Waals surface area contributed by atoms with Crippen LogP contribution in [-0.4, -0.2) is 15.8 Å². The number of aromatic nitrogens is 1. The van der Waals surface area contributed by atoms with Crippen molar-refractivity contribution < 1.29 is 5.11 Å². The fourth-order valence-corrected chi connectivity index (χ4v) is 4.80. The van der Waals surface area contributed by atoms with Crippen LogP contribution in [0.5, 0.6) is 0 Å². The lowest BCUT2D eigenvalue weighted by molar-refractivity contribution is -0.0392. The zero-order valence-corrected chi connectivity index (χ0v) is 15.0. The van der Waals surface area contributed by atoms with Gasteiger partial charge in [-0.25, -0.2) is 0 Å². The highest BCUT2D eigenvalue weighted by molar-refractivity contribution is 9.10. The maximum absolute atomic E-state index is 11.2. The SMILES string of the molecule is CC(C)(C)C(O)(CSc1ccccc1Br)c1cncs1. The van der Waals surface area contributed by atoms with Gasteiger partial charge in [0.25, 0.3) is 0 Å². The van der Waals surface area contributed by atoms with Gasteiger partial charge in [-0.3, -0.25) is 4.98 Å². The topological polar surface area (TPSA) is 33.1 Å². The first-order valence-corrected chi connectivity index (χ1v) is 8.99. The van der Waals surface area contributed by atoms with E-state index in [4.69, 9.17) is 0 Å². The Kier molecular flexibility index (Phi) is 4.95. The summed E-state index contributed by atoms with van der Waals surface area (Å²) in [7, 11) is 0. The zero-order valence-electron chi connectivity index (χ0n) is 11.8. The van der Waals surface area contributed by atoms with Crippen LogP contribution in [0.3, 0.4) is 0 Å². The molecule has 0 aliphatic carbocycles. The molecule has 20 heavy (non-hydrogen) atoms. The quantitative estimate of drug-likeness (QED) is 0.773. The van der Waals surface area contributed by atoms with Gasteiger partial charge in [0.2, 0.25) is 0 Å². The molecule has 0 saturated carbocycles. The average molecular weight is 372 g/mol. The monoisotopic (exact) mass is 371 g/mol. The van der Waals surface area contributed by atoms with Gasteiger partial charge in [-0.05, 0) is 33.5 Å². The number of hydrogen-bond donors (Lipinski definition) is 1. The minimum Gasteiger partial charge on any atom is -0.383 e. The Morgan fingerprint density at radius 2 is 2.00 bits per heavy atom. The molecule has 108 valence electrons. The number of thiazole rings is 1. The summed E-state index contributed by atoms with van der Waals surface area (Å²) >= 11 is 6.72. The van der Waals surface area contributed by atoms with E-state index in [-0.39, 0.29) is 5.41 Å². The van der Waals surface area contributed by atoms with Crippen molar-refractivity contribution in [3.63, 3.8) is 0 Å². The normalized spacial score (nSPS) is 15.1. The van der Waals surface area contributed by atoms with Gasteiger partial charge in [-0.15, -0.1) is 23.1 Å². The summed E-state index contributed by atoms with van der Waals surface area (Å²) in [5.74, 6) is 0.599. The summed E-state index contributed by atoms with van der Waals surface area (Å²) in [5.41, 5.74) is 0.622. The van der Waals surface area contributed by atoms with Gasteiger partial charge in [0.05, 0.1) is 10.4 Å². The molecule has 1 aromatic carbocycles. The number of benzene rings is 1. The molecule has 1 atom stereocenters. The van der Waals surface area contributed by atoms with E-state index >= 15 is 0 Å². The molecule has 5 heteroatoms. The van der Waals surface area contributed by atoms with Gasteiger partial charge in [-0.1, -0.05) is 32.9 Å². The molecule has 2 rings (SSSR count). The third-order valence-corrected chi connectivity index (χ3v) is 6.46. The molecule has 0 aliphatic heterocycles. The van der Waals surface area contributed by atoms with E-state index in [0.717, 1.165) is 14.2 Å². The van der Waals surface area contributed by atoms with Gasteiger partial charge >= 0.3 is 0 Å². The fraction of sp³-hybridized carbons (Fsp3) is 0.400. The zero-order chi connectivity index (χ0) is 14.8. The lowest BCUT2D eigenvalue weighted by Crippen LogP contribution is -2.41. The highest BCUT2D eigenvalue weighted by atomic mass is 79.9. The van der Waals surface area contributed by atoms with Crippen molar-refractivity contribution >= 4 is 39.0 Å². The van der Waals surface area contributed by atoms with Gasteiger partial charge in [0.1, 0.15) is 5.60 Å². The third kappa shape index (κ3) is 3.27. The number of aliphatic hydroxyl groups is 1. The maximum Gasteiger partial charge on any atom is 0.114 e. The van der Waals surface area contributed by atoms with Crippen molar-refractivity contribution in [2.75, 3.05) is 5.75 Å². The number of rotatable bonds is 4. The maximum atomic E-state index is 11.2. The molecule has 2 nitrogen and oxygen atoms in total. The molecular formula is C15H18BrNOS2. The van der Waals surface area contributed by atoms with Gasteiger partial charge in [-0.2, -0.15) is 0 Å². The Morgan fingerprint density at radius 1 is 1.30 bits per heavy atom. The smallest absolute Gasteiger partial charge is 0.114 e. The highest BCUT2D eigenvalue weighted by Crippen LogP contribution is 2.45. The Morgan fingerprint density at radius 3 is 2.55 bits per heavy atom. The predicted octanol–water partition coefficient (Wildman–Crippen LogP) is 4.93. The van der Waals surface area contributed by atoms with E-state index in [1.165, 1.54) is 11.3 Å². The molecule has 0 fully saturated rings. The second kappa shape index (κ2) is 6.18. The van der Waals surface area contributed by atoms with E-state index in [1.54, 1.807) is 23.5 Å². The third-order valence-electron chi connectivity index (χ3n) is 3.35. The van der Waals surface area contributed by atoms with Crippen LogP contribution in [0.4, 0.5) is 0 Å². The Bertz CT molecular complexity index is 566. The molecule has 0 spiro atoms. The van der Waals surface area contributed by atoms with Crippen LogP contribution in [-0.2, 0) is 5.60 Å². The van der Waals surface area contributed by atoms with Gasteiger partial charge in [0, 0.05) is 21.3 Å². The molecule has 0 radical (unpaired) electrons. The predicted molar refractivity (Wildman–Crippen MR) is 90.3 cm³/mol. The molecule has 0 aliphatic rings.